The van der Waals surface area contributed by atoms with Gasteiger partial charge < -0.3 is 15.0 Å². The summed E-state index contributed by atoms with van der Waals surface area (Å²) in [5, 5.41) is 3.59. The van der Waals surface area contributed by atoms with Gasteiger partial charge in [0.05, 0.1) is 11.7 Å². The van der Waals surface area contributed by atoms with Crippen LogP contribution in [0.4, 0.5) is 0 Å². The van der Waals surface area contributed by atoms with Gasteiger partial charge in [-0.3, -0.25) is 0 Å². The van der Waals surface area contributed by atoms with Gasteiger partial charge in [0.25, 0.3) is 0 Å². The highest BCUT2D eigenvalue weighted by atomic mass is 16.5. The predicted molar refractivity (Wildman–Crippen MR) is 85.2 cm³/mol. The number of hydrogen-bond donors (Lipinski definition) is 1. The van der Waals surface area contributed by atoms with Crippen LogP contribution >= 0.6 is 0 Å². The first-order chi connectivity index (χ1) is 9.61. The van der Waals surface area contributed by atoms with Crippen LogP contribution in [0, 0.1) is 0 Å². The van der Waals surface area contributed by atoms with Crippen LogP contribution < -0.4 is 5.32 Å². The second kappa shape index (κ2) is 7.77. The highest BCUT2D eigenvalue weighted by Gasteiger charge is 2.40. The molecule has 1 aliphatic carbocycles. The Kier molecular flexibility index (Phi) is 6.31. The summed E-state index contributed by atoms with van der Waals surface area (Å²) in [7, 11) is 2.21. The molecule has 0 bridgehead atoms. The molecule has 20 heavy (non-hydrogen) atoms. The third-order valence-electron chi connectivity index (χ3n) is 5.22. The molecule has 2 fully saturated rings. The van der Waals surface area contributed by atoms with Crippen molar-refractivity contribution in [2.75, 3.05) is 26.7 Å². The second-order valence-electron chi connectivity index (χ2n) is 7.15. The molecule has 0 aromatic heterocycles. The molecule has 0 aromatic rings. The molecule has 3 nitrogen and oxygen atoms in total. The van der Waals surface area contributed by atoms with Crippen molar-refractivity contribution in [2.45, 2.75) is 83.0 Å². The summed E-state index contributed by atoms with van der Waals surface area (Å²) in [6.07, 6.45) is 11.0. The van der Waals surface area contributed by atoms with Crippen LogP contribution in [0.15, 0.2) is 0 Å². The van der Waals surface area contributed by atoms with Crippen molar-refractivity contribution < 1.29 is 4.74 Å². The summed E-state index contributed by atoms with van der Waals surface area (Å²) in [4.78, 5) is 2.41. The molecular weight excluding hydrogens is 248 g/mol. The Labute approximate surface area is 125 Å². The molecule has 1 N–H and O–H groups in total. The molecule has 1 aliphatic heterocycles. The van der Waals surface area contributed by atoms with Crippen LogP contribution in [0.1, 0.15) is 65.2 Å². The number of rotatable bonds is 7. The highest BCUT2D eigenvalue weighted by Crippen LogP contribution is 2.41. The normalized spacial score (nSPS) is 25.9. The van der Waals surface area contributed by atoms with Crippen LogP contribution in [0.25, 0.3) is 0 Å². The van der Waals surface area contributed by atoms with E-state index < -0.39 is 0 Å². The molecule has 1 saturated carbocycles. The van der Waals surface area contributed by atoms with Gasteiger partial charge in [-0.25, -0.2) is 0 Å². The summed E-state index contributed by atoms with van der Waals surface area (Å²) in [6, 6.07) is 0.652. The maximum Gasteiger partial charge on any atom is 0.0708 e. The first-order valence-corrected chi connectivity index (χ1v) is 8.70. The lowest BCUT2D eigenvalue weighted by atomic mass is 9.83. The van der Waals surface area contributed by atoms with Crippen LogP contribution in [0.3, 0.4) is 0 Å². The first-order valence-electron chi connectivity index (χ1n) is 8.70. The van der Waals surface area contributed by atoms with Crippen molar-refractivity contribution in [3.63, 3.8) is 0 Å². The SMILES string of the molecule is CC(C)N(C)CCCNCC1CCC2(CCCCC2)O1. The quantitative estimate of drug-likeness (QED) is 0.726. The van der Waals surface area contributed by atoms with Gasteiger partial charge in [0.2, 0.25) is 0 Å². The lowest BCUT2D eigenvalue weighted by Gasteiger charge is -2.33. The van der Waals surface area contributed by atoms with Gasteiger partial charge in [-0.15, -0.1) is 0 Å². The van der Waals surface area contributed by atoms with E-state index in [1.54, 1.807) is 0 Å². The fraction of sp³-hybridized carbons (Fsp3) is 1.00. The molecule has 1 saturated heterocycles. The minimum Gasteiger partial charge on any atom is -0.370 e. The van der Waals surface area contributed by atoms with Gasteiger partial charge in [-0.05, 0) is 66.1 Å². The van der Waals surface area contributed by atoms with Crippen molar-refractivity contribution in [2.24, 2.45) is 0 Å². The summed E-state index contributed by atoms with van der Waals surface area (Å²) >= 11 is 0. The largest absolute Gasteiger partial charge is 0.370 e. The Morgan fingerprint density at radius 2 is 1.95 bits per heavy atom. The van der Waals surface area contributed by atoms with E-state index in [-0.39, 0.29) is 5.60 Å². The van der Waals surface area contributed by atoms with Gasteiger partial charge in [-0.2, -0.15) is 0 Å². The summed E-state index contributed by atoms with van der Waals surface area (Å²) < 4.78 is 6.38. The number of hydrogen-bond acceptors (Lipinski definition) is 3. The van der Waals surface area contributed by atoms with Gasteiger partial charge in [-0.1, -0.05) is 19.3 Å². The topological polar surface area (TPSA) is 24.5 Å². The third kappa shape index (κ3) is 4.71. The number of nitrogens with one attached hydrogen (secondary N) is 1. The van der Waals surface area contributed by atoms with Crippen molar-refractivity contribution in [1.29, 1.82) is 0 Å². The molecule has 1 atom stereocenters. The smallest absolute Gasteiger partial charge is 0.0708 e. The molecule has 0 aromatic carbocycles. The molecule has 1 spiro atoms. The van der Waals surface area contributed by atoms with E-state index in [0.29, 0.717) is 12.1 Å². The van der Waals surface area contributed by atoms with Gasteiger partial charge in [0.15, 0.2) is 0 Å². The van der Waals surface area contributed by atoms with Crippen molar-refractivity contribution in [3.8, 4) is 0 Å². The molecule has 2 aliphatic rings. The van der Waals surface area contributed by atoms with E-state index in [0.717, 1.165) is 13.1 Å². The average Bonchev–Trinajstić information content (AvgIpc) is 2.81. The Morgan fingerprint density at radius 1 is 1.20 bits per heavy atom. The lowest BCUT2D eigenvalue weighted by molar-refractivity contribution is -0.0623. The summed E-state index contributed by atoms with van der Waals surface area (Å²) in [5.41, 5.74) is 0.280. The van der Waals surface area contributed by atoms with Crippen LogP contribution in [-0.2, 0) is 4.74 Å². The zero-order valence-electron chi connectivity index (χ0n) is 13.8. The van der Waals surface area contributed by atoms with E-state index in [1.165, 1.54) is 57.9 Å². The zero-order chi connectivity index (χ0) is 14.4. The fourth-order valence-electron chi connectivity index (χ4n) is 3.58. The lowest BCUT2D eigenvalue weighted by Crippen LogP contribution is -2.35. The van der Waals surface area contributed by atoms with E-state index in [2.05, 4.69) is 31.1 Å². The Hall–Kier alpha value is -0.120. The minimum absolute atomic E-state index is 0.280. The zero-order valence-corrected chi connectivity index (χ0v) is 13.8. The third-order valence-corrected chi connectivity index (χ3v) is 5.22. The maximum atomic E-state index is 6.38. The van der Waals surface area contributed by atoms with Crippen molar-refractivity contribution in [1.82, 2.24) is 10.2 Å². The second-order valence-corrected chi connectivity index (χ2v) is 7.15. The van der Waals surface area contributed by atoms with Crippen molar-refractivity contribution in [3.05, 3.63) is 0 Å². The van der Waals surface area contributed by atoms with Crippen molar-refractivity contribution >= 4 is 0 Å². The van der Waals surface area contributed by atoms with Gasteiger partial charge in [0.1, 0.15) is 0 Å². The number of nitrogens with zero attached hydrogens (tertiary/aromatic N) is 1. The predicted octanol–water partition coefficient (Wildman–Crippen LogP) is 3.19. The first kappa shape index (κ1) is 16.3. The Morgan fingerprint density at radius 3 is 2.65 bits per heavy atom. The van der Waals surface area contributed by atoms with E-state index in [4.69, 9.17) is 4.74 Å². The van der Waals surface area contributed by atoms with Crippen LogP contribution in [-0.4, -0.2) is 49.3 Å². The fourth-order valence-corrected chi connectivity index (χ4v) is 3.58. The Balaban J connectivity index is 1.55. The standard InChI is InChI=1S/C17H34N2O/c1-15(2)19(3)13-7-12-18-14-16-8-11-17(20-16)9-5-4-6-10-17/h15-16,18H,4-14H2,1-3H3. The molecular formula is C17H34N2O. The van der Waals surface area contributed by atoms with E-state index in [1.807, 2.05) is 0 Å². The highest BCUT2D eigenvalue weighted by molar-refractivity contribution is 4.91. The average molecular weight is 282 g/mol. The van der Waals surface area contributed by atoms with Crippen LogP contribution in [0.5, 0.6) is 0 Å². The van der Waals surface area contributed by atoms with Gasteiger partial charge in [0, 0.05) is 12.6 Å². The molecule has 1 heterocycles. The monoisotopic (exact) mass is 282 g/mol. The van der Waals surface area contributed by atoms with Gasteiger partial charge >= 0.3 is 0 Å². The molecule has 3 heteroatoms. The van der Waals surface area contributed by atoms with Crippen LogP contribution in [0.2, 0.25) is 0 Å². The molecule has 118 valence electrons. The maximum absolute atomic E-state index is 6.38. The molecule has 2 rings (SSSR count). The summed E-state index contributed by atoms with van der Waals surface area (Å²) in [5.74, 6) is 0. The molecule has 0 amide bonds. The molecule has 0 radical (unpaired) electrons. The van der Waals surface area contributed by atoms with E-state index >= 15 is 0 Å². The Bertz CT molecular complexity index is 274. The van der Waals surface area contributed by atoms with E-state index in [9.17, 15) is 0 Å². The number of ether oxygens (including phenoxy) is 1. The summed E-state index contributed by atoms with van der Waals surface area (Å²) in [6.45, 7) is 7.85. The molecule has 1 unspecified atom stereocenters. The minimum atomic E-state index is 0.280.